The van der Waals surface area contributed by atoms with Crippen LogP contribution >= 0.6 is 35.3 Å². The van der Waals surface area contributed by atoms with Crippen LogP contribution in [-0.2, 0) is 14.8 Å². The Morgan fingerprint density at radius 2 is 1.93 bits per heavy atom. The van der Waals surface area contributed by atoms with E-state index in [4.69, 9.17) is 0 Å². The molecule has 0 spiro atoms. The summed E-state index contributed by atoms with van der Waals surface area (Å²) < 4.78 is 27.0. The second kappa shape index (κ2) is 11.3. The third-order valence-corrected chi connectivity index (χ3v) is 7.57. The molecule has 0 aromatic carbocycles. The van der Waals surface area contributed by atoms with Gasteiger partial charge in [-0.3, -0.25) is 9.79 Å². The first-order valence-electron chi connectivity index (χ1n) is 9.00. The Bertz CT molecular complexity index is 745. The number of halogens is 1. The van der Waals surface area contributed by atoms with E-state index in [1.807, 2.05) is 0 Å². The first kappa shape index (κ1) is 25.1. The van der Waals surface area contributed by atoms with Crippen LogP contribution in [0, 0.1) is 5.41 Å². The summed E-state index contributed by atoms with van der Waals surface area (Å²) in [4.78, 5) is 18.4. The SMILES string of the molecule is CN=C(NCCNS(=O)(=O)c1cccs1)NCC1(C(=O)N(C)C)CCCC1.I. The van der Waals surface area contributed by atoms with Crippen LogP contribution < -0.4 is 15.4 Å². The van der Waals surface area contributed by atoms with Gasteiger partial charge in [-0.2, -0.15) is 0 Å². The van der Waals surface area contributed by atoms with Gasteiger partial charge >= 0.3 is 0 Å². The van der Waals surface area contributed by atoms with E-state index < -0.39 is 10.0 Å². The van der Waals surface area contributed by atoms with Crippen molar-refractivity contribution in [1.82, 2.24) is 20.3 Å². The van der Waals surface area contributed by atoms with E-state index in [2.05, 4.69) is 20.3 Å². The number of carbonyl (C=O) groups excluding carboxylic acids is 1. The molecule has 1 amide bonds. The maximum absolute atomic E-state index is 12.6. The minimum Gasteiger partial charge on any atom is -0.355 e. The summed E-state index contributed by atoms with van der Waals surface area (Å²) in [5, 5.41) is 8.05. The number of aliphatic imine (C=N–C) groups is 1. The summed E-state index contributed by atoms with van der Waals surface area (Å²) in [7, 11) is 1.77. The van der Waals surface area contributed by atoms with Gasteiger partial charge in [0.15, 0.2) is 5.96 Å². The molecule has 1 aliphatic rings. The summed E-state index contributed by atoms with van der Waals surface area (Å²) in [6.45, 7) is 1.15. The van der Waals surface area contributed by atoms with E-state index in [-0.39, 0.29) is 41.8 Å². The van der Waals surface area contributed by atoms with Crippen LogP contribution in [0.1, 0.15) is 25.7 Å². The zero-order valence-electron chi connectivity index (χ0n) is 16.5. The number of rotatable bonds is 8. The molecule has 11 heteroatoms. The summed E-state index contributed by atoms with van der Waals surface area (Å²) in [6, 6.07) is 3.28. The average Bonchev–Trinajstić information content (AvgIpc) is 3.33. The van der Waals surface area contributed by atoms with Gasteiger partial charge in [-0.1, -0.05) is 18.9 Å². The lowest BCUT2D eigenvalue weighted by atomic mass is 9.84. The summed E-state index contributed by atoms with van der Waals surface area (Å²) in [6.07, 6.45) is 3.85. The number of nitrogens with one attached hydrogen (secondary N) is 3. The molecule has 2 rings (SSSR count). The van der Waals surface area contributed by atoms with Crippen molar-refractivity contribution in [2.24, 2.45) is 10.4 Å². The zero-order chi connectivity index (χ0) is 19.9. The smallest absolute Gasteiger partial charge is 0.250 e. The first-order valence-corrected chi connectivity index (χ1v) is 11.4. The van der Waals surface area contributed by atoms with Gasteiger partial charge in [-0.15, -0.1) is 35.3 Å². The highest BCUT2D eigenvalue weighted by molar-refractivity contribution is 14.0. The van der Waals surface area contributed by atoms with Crippen LogP contribution in [-0.4, -0.2) is 66.0 Å². The van der Waals surface area contributed by atoms with Crippen molar-refractivity contribution in [3.63, 3.8) is 0 Å². The highest BCUT2D eigenvalue weighted by atomic mass is 127. The minimum absolute atomic E-state index is 0. The Morgan fingerprint density at radius 1 is 1.25 bits per heavy atom. The molecule has 1 saturated carbocycles. The molecule has 1 aliphatic carbocycles. The largest absolute Gasteiger partial charge is 0.355 e. The molecule has 0 radical (unpaired) electrons. The molecular weight excluding hydrogens is 513 g/mol. The van der Waals surface area contributed by atoms with Crippen molar-refractivity contribution in [1.29, 1.82) is 0 Å². The molecule has 160 valence electrons. The molecule has 0 atom stereocenters. The Kier molecular flexibility index (Phi) is 10.1. The zero-order valence-corrected chi connectivity index (χ0v) is 20.5. The van der Waals surface area contributed by atoms with E-state index >= 15 is 0 Å². The fourth-order valence-corrected chi connectivity index (χ4v) is 5.39. The van der Waals surface area contributed by atoms with Crippen molar-refractivity contribution in [3.05, 3.63) is 17.5 Å². The molecule has 1 heterocycles. The Hall–Kier alpha value is -0.920. The van der Waals surface area contributed by atoms with E-state index in [0.717, 1.165) is 25.7 Å². The molecule has 0 bridgehead atoms. The van der Waals surface area contributed by atoms with Crippen LogP contribution in [0.3, 0.4) is 0 Å². The number of amides is 1. The first-order chi connectivity index (χ1) is 12.8. The molecule has 1 aromatic heterocycles. The predicted octanol–water partition coefficient (Wildman–Crippen LogP) is 1.46. The Balaban J connectivity index is 0.00000392. The second-order valence-electron chi connectivity index (χ2n) is 6.87. The van der Waals surface area contributed by atoms with E-state index in [9.17, 15) is 13.2 Å². The monoisotopic (exact) mass is 543 g/mol. The lowest BCUT2D eigenvalue weighted by molar-refractivity contribution is -0.138. The number of carbonyl (C=O) groups is 1. The van der Waals surface area contributed by atoms with Gasteiger partial charge in [0.25, 0.3) is 0 Å². The van der Waals surface area contributed by atoms with E-state index in [0.29, 0.717) is 23.3 Å². The maximum atomic E-state index is 12.6. The van der Waals surface area contributed by atoms with Crippen LogP contribution in [0.4, 0.5) is 0 Å². The Morgan fingerprint density at radius 3 is 2.46 bits per heavy atom. The van der Waals surface area contributed by atoms with Gasteiger partial charge in [0, 0.05) is 40.8 Å². The summed E-state index contributed by atoms with van der Waals surface area (Å²) in [5.41, 5.74) is -0.387. The molecule has 8 nitrogen and oxygen atoms in total. The third kappa shape index (κ3) is 6.56. The molecule has 0 unspecified atom stereocenters. The molecule has 1 fully saturated rings. The molecule has 0 aliphatic heterocycles. The van der Waals surface area contributed by atoms with Gasteiger partial charge in [-0.05, 0) is 24.3 Å². The quantitative estimate of drug-likeness (QED) is 0.200. The summed E-state index contributed by atoms with van der Waals surface area (Å²) in [5.74, 6) is 0.704. The maximum Gasteiger partial charge on any atom is 0.250 e. The number of guanidine groups is 1. The van der Waals surface area contributed by atoms with E-state index in [1.54, 1.807) is 43.6 Å². The number of hydrogen-bond acceptors (Lipinski definition) is 5. The molecular formula is C17H30IN5O3S2. The molecule has 3 N–H and O–H groups in total. The van der Waals surface area contributed by atoms with Crippen molar-refractivity contribution in [3.8, 4) is 0 Å². The van der Waals surface area contributed by atoms with Gasteiger partial charge in [0.1, 0.15) is 4.21 Å². The Labute approximate surface area is 188 Å². The van der Waals surface area contributed by atoms with Crippen LogP contribution in [0.25, 0.3) is 0 Å². The van der Waals surface area contributed by atoms with Gasteiger partial charge in [-0.25, -0.2) is 13.1 Å². The number of sulfonamides is 1. The highest BCUT2D eigenvalue weighted by Gasteiger charge is 2.42. The van der Waals surface area contributed by atoms with Gasteiger partial charge in [0.2, 0.25) is 15.9 Å². The molecule has 0 saturated heterocycles. The number of hydrogen-bond donors (Lipinski definition) is 3. The normalized spacial score (nSPS) is 16.3. The lowest BCUT2D eigenvalue weighted by Gasteiger charge is -2.31. The van der Waals surface area contributed by atoms with Gasteiger partial charge in [0.05, 0.1) is 5.41 Å². The van der Waals surface area contributed by atoms with Crippen molar-refractivity contribution >= 4 is 57.2 Å². The molecule has 1 aromatic rings. The van der Waals surface area contributed by atoms with Crippen molar-refractivity contribution in [2.75, 3.05) is 40.8 Å². The van der Waals surface area contributed by atoms with Crippen LogP contribution in [0.15, 0.2) is 26.7 Å². The average molecular weight is 543 g/mol. The van der Waals surface area contributed by atoms with Crippen LogP contribution in [0.2, 0.25) is 0 Å². The van der Waals surface area contributed by atoms with Crippen molar-refractivity contribution < 1.29 is 13.2 Å². The minimum atomic E-state index is -3.46. The van der Waals surface area contributed by atoms with Crippen LogP contribution in [0.5, 0.6) is 0 Å². The summed E-state index contributed by atoms with van der Waals surface area (Å²) >= 11 is 1.18. The standard InChI is InChI=1S/C17H29N5O3S2.HI/c1-18-16(19-10-11-21-27(24,25)14-7-6-12-26-14)20-13-17(8-4-5-9-17)15(23)22(2)3;/h6-7,12,21H,4-5,8-11,13H2,1-3H3,(H2,18,19,20);1H. The second-order valence-corrected chi connectivity index (χ2v) is 9.81. The highest BCUT2D eigenvalue weighted by Crippen LogP contribution is 2.38. The number of nitrogens with zero attached hydrogens (tertiary/aromatic N) is 2. The number of thiophene rings is 1. The van der Waals surface area contributed by atoms with E-state index in [1.165, 1.54) is 11.3 Å². The topological polar surface area (TPSA) is 103 Å². The predicted molar refractivity (Wildman–Crippen MR) is 124 cm³/mol. The lowest BCUT2D eigenvalue weighted by Crippen LogP contribution is -2.50. The third-order valence-electron chi connectivity index (χ3n) is 4.71. The fraction of sp³-hybridized carbons (Fsp3) is 0.647. The molecule has 28 heavy (non-hydrogen) atoms. The van der Waals surface area contributed by atoms with Crippen molar-refractivity contribution in [2.45, 2.75) is 29.9 Å². The van der Waals surface area contributed by atoms with Gasteiger partial charge < -0.3 is 15.5 Å². The fourth-order valence-electron chi connectivity index (χ4n) is 3.32.